The fourth-order valence-electron chi connectivity index (χ4n) is 3.28. The van der Waals surface area contributed by atoms with Crippen molar-refractivity contribution in [3.63, 3.8) is 0 Å². The molecule has 1 N–H and O–H groups in total. The first-order chi connectivity index (χ1) is 13.4. The number of carbonyl (C=O) groups excluding carboxylic acids is 2. The molecule has 28 heavy (non-hydrogen) atoms. The van der Waals surface area contributed by atoms with Crippen LogP contribution in [0.15, 0.2) is 36.4 Å². The van der Waals surface area contributed by atoms with Crippen LogP contribution in [0.25, 0.3) is 10.2 Å². The summed E-state index contributed by atoms with van der Waals surface area (Å²) in [6.45, 7) is 2.28. The maximum Gasteiger partial charge on any atom is 0.231 e. The van der Waals surface area contributed by atoms with Crippen LogP contribution >= 0.6 is 22.9 Å². The Kier molecular flexibility index (Phi) is 4.95. The number of methoxy groups -OCH3 is 1. The largest absolute Gasteiger partial charge is 0.495 e. The molecule has 6 nitrogen and oxygen atoms in total. The number of nitrogens with one attached hydrogen (secondary N) is 1. The molecule has 2 heterocycles. The van der Waals surface area contributed by atoms with Gasteiger partial charge in [0.05, 0.1) is 28.9 Å². The zero-order valence-electron chi connectivity index (χ0n) is 15.4. The highest BCUT2D eigenvalue weighted by Crippen LogP contribution is 2.36. The van der Waals surface area contributed by atoms with Crippen LogP contribution in [0.4, 0.5) is 10.8 Å². The Morgan fingerprint density at radius 2 is 2.14 bits per heavy atom. The molecule has 1 aromatic heterocycles. The number of amides is 2. The van der Waals surface area contributed by atoms with Crippen molar-refractivity contribution < 1.29 is 14.3 Å². The van der Waals surface area contributed by atoms with Crippen molar-refractivity contribution in [2.75, 3.05) is 23.9 Å². The minimum atomic E-state index is -0.468. The minimum absolute atomic E-state index is 0.130. The van der Waals surface area contributed by atoms with Crippen LogP contribution in [-0.4, -0.2) is 30.5 Å². The summed E-state index contributed by atoms with van der Waals surface area (Å²) in [5.74, 6) is -0.279. The van der Waals surface area contributed by atoms with Gasteiger partial charge in [0.1, 0.15) is 5.75 Å². The summed E-state index contributed by atoms with van der Waals surface area (Å²) in [7, 11) is 1.53. The number of anilines is 2. The van der Waals surface area contributed by atoms with Crippen molar-refractivity contribution in [3.8, 4) is 5.75 Å². The lowest BCUT2D eigenvalue weighted by Crippen LogP contribution is -2.28. The van der Waals surface area contributed by atoms with E-state index in [-0.39, 0.29) is 24.8 Å². The van der Waals surface area contributed by atoms with E-state index in [4.69, 9.17) is 16.3 Å². The molecule has 1 atom stereocenters. The van der Waals surface area contributed by atoms with Gasteiger partial charge in [-0.2, -0.15) is 0 Å². The van der Waals surface area contributed by atoms with Gasteiger partial charge in [0.25, 0.3) is 0 Å². The predicted octanol–water partition coefficient (Wildman–Crippen LogP) is 4.26. The fourth-order valence-corrected chi connectivity index (χ4v) is 4.42. The Morgan fingerprint density at radius 3 is 2.93 bits per heavy atom. The van der Waals surface area contributed by atoms with Crippen LogP contribution in [0.5, 0.6) is 5.75 Å². The second-order valence-electron chi connectivity index (χ2n) is 6.70. The second kappa shape index (κ2) is 7.41. The third-order valence-corrected chi connectivity index (χ3v) is 5.87. The third-order valence-electron chi connectivity index (χ3n) is 4.70. The van der Waals surface area contributed by atoms with Crippen molar-refractivity contribution >= 4 is 55.8 Å². The highest BCUT2D eigenvalue weighted by Gasteiger charge is 2.36. The van der Waals surface area contributed by atoms with Crippen LogP contribution in [0.1, 0.15) is 12.0 Å². The molecule has 2 aromatic carbocycles. The standard InChI is InChI=1S/C20H18ClN3O3S/c1-11-3-5-14-17(7-11)28-20(22-14)23-19(26)12-8-18(25)24(10-12)15-9-13(21)4-6-16(15)27-2/h3-7,9,12H,8,10H2,1-2H3,(H,22,23,26)/t12-/m0/s1. The smallest absolute Gasteiger partial charge is 0.231 e. The molecule has 4 rings (SSSR count). The quantitative estimate of drug-likeness (QED) is 0.691. The van der Waals surface area contributed by atoms with Gasteiger partial charge in [0, 0.05) is 18.0 Å². The molecule has 0 spiro atoms. The van der Waals surface area contributed by atoms with Crippen LogP contribution in [0.2, 0.25) is 5.02 Å². The molecule has 1 fully saturated rings. The Morgan fingerprint density at radius 1 is 1.32 bits per heavy atom. The molecule has 1 aliphatic heterocycles. The Bertz CT molecular complexity index is 1080. The molecule has 3 aromatic rings. The van der Waals surface area contributed by atoms with Crippen LogP contribution in [-0.2, 0) is 9.59 Å². The van der Waals surface area contributed by atoms with Gasteiger partial charge < -0.3 is 15.0 Å². The van der Waals surface area contributed by atoms with E-state index in [0.717, 1.165) is 15.8 Å². The number of halogens is 1. The van der Waals surface area contributed by atoms with Gasteiger partial charge in [-0.05, 0) is 42.8 Å². The Balaban J connectivity index is 1.51. The van der Waals surface area contributed by atoms with Gasteiger partial charge in [0.15, 0.2) is 5.13 Å². The first-order valence-electron chi connectivity index (χ1n) is 8.76. The SMILES string of the molecule is COc1ccc(Cl)cc1N1C[C@@H](C(=O)Nc2nc3ccc(C)cc3s2)CC1=O. The Labute approximate surface area is 171 Å². The lowest BCUT2D eigenvalue weighted by atomic mass is 10.1. The van der Waals surface area contributed by atoms with E-state index in [2.05, 4.69) is 10.3 Å². The van der Waals surface area contributed by atoms with Crippen molar-refractivity contribution in [1.29, 1.82) is 0 Å². The van der Waals surface area contributed by atoms with Crippen LogP contribution in [0.3, 0.4) is 0 Å². The summed E-state index contributed by atoms with van der Waals surface area (Å²) < 4.78 is 6.35. The highest BCUT2D eigenvalue weighted by atomic mass is 35.5. The van der Waals surface area contributed by atoms with Gasteiger partial charge in [0.2, 0.25) is 11.8 Å². The van der Waals surface area contributed by atoms with Gasteiger partial charge in [-0.1, -0.05) is 29.0 Å². The molecule has 144 valence electrons. The van der Waals surface area contributed by atoms with E-state index in [0.29, 0.717) is 21.6 Å². The van der Waals surface area contributed by atoms with E-state index in [9.17, 15) is 9.59 Å². The number of thiazole rings is 1. The predicted molar refractivity (Wildman–Crippen MR) is 111 cm³/mol. The number of carbonyl (C=O) groups is 2. The number of aryl methyl sites for hydroxylation is 1. The van der Waals surface area contributed by atoms with Crippen molar-refractivity contribution in [2.24, 2.45) is 5.92 Å². The molecule has 0 radical (unpaired) electrons. The molecular weight excluding hydrogens is 398 g/mol. The van der Waals surface area contributed by atoms with E-state index in [1.54, 1.807) is 23.1 Å². The van der Waals surface area contributed by atoms with E-state index in [1.165, 1.54) is 18.4 Å². The number of ether oxygens (including phenoxy) is 1. The molecule has 1 aliphatic rings. The number of hydrogen-bond donors (Lipinski definition) is 1. The van der Waals surface area contributed by atoms with Gasteiger partial charge in [-0.25, -0.2) is 4.98 Å². The maximum absolute atomic E-state index is 12.7. The zero-order valence-corrected chi connectivity index (χ0v) is 16.9. The number of aromatic nitrogens is 1. The number of benzene rings is 2. The Hall–Kier alpha value is -2.64. The lowest BCUT2D eigenvalue weighted by molar-refractivity contribution is -0.122. The van der Waals surface area contributed by atoms with E-state index >= 15 is 0 Å². The summed E-state index contributed by atoms with van der Waals surface area (Å²) in [4.78, 5) is 31.3. The summed E-state index contributed by atoms with van der Waals surface area (Å²) in [6, 6.07) is 11.0. The third kappa shape index (κ3) is 3.55. The summed E-state index contributed by atoms with van der Waals surface area (Å²) >= 11 is 7.50. The first-order valence-corrected chi connectivity index (χ1v) is 9.96. The van der Waals surface area contributed by atoms with Crippen LogP contribution in [0, 0.1) is 12.8 Å². The summed E-state index contributed by atoms with van der Waals surface area (Å²) in [6.07, 6.45) is 0.130. The molecule has 0 unspecified atom stereocenters. The average Bonchev–Trinajstić information content (AvgIpc) is 3.24. The average molecular weight is 416 g/mol. The molecule has 1 saturated heterocycles. The van der Waals surface area contributed by atoms with Gasteiger partial charge in [-0.3, -0.25) is 9.59 Å². The van der Waals surface area contributed by atoms with E-state index < -0.39 is 5.92 Å². The normalized spacial score (nSPS) is 16.6. The summed E-state index contributed by atoms with van der Waals surface area (Å²) in [5.41, 5.74) is 2.56. The minimum Gasteiger partial charge on any atom is -0.495 e. The van der Waals surface area contributed by atoms with Crippen LogP contribution < -0.4 is 15.0 Å². The highest BCUT2D eigenvalue weighted by molar-refractivity contribution is 7.22. The maximum atomic E-state index is 12.7. The van der Waals surface area contributed by atoms with Crippen molar-refractivity contribution in [3.05, 3.63) is 47.0 Å². The topological polar surface area (TPSA) is 71.5 Å². The van der Waals surface area contributed by atoms with Crippen molar-refractivity contribution in [2.45, 2.75) is 13.3 Å². The lowest BCUT2D eigenvalue weighted by Gasteiger charge is -2.19. The monoisotopic (exact) mass is 415 g/mol. The van der Waals surface area contributed by atoms with E-state index in [1.807, 2.05) is 25.1 Å². The number of hydrogen-bond acceptors (Lipinski definition) is 5. The zero-order chi connectivity index (χ0) is 19.8. The molecule has 0 saturated carbocycles. The summed E-state index contributed by atoms with van der Waals surface area (Å²) in [5, 5.41) is 3.90. The van der Waals surface area contributed by atoms with Gasteiger partial charge >= 0.3 is 0 Å². The fraction of sp³-hybridized carbons (Fsp3) is 0.250. The first kappa shape index (κ1) is 18.7. The van der Waals surface area contributed by atoms with Gasteiger partial charge in [-0.15, -0.1) is 0 Å². The number of nitrogens with zero attached hydrogens (tertiary/aromatic N) is 2. The van der Waals surface area contributed by atoms with Crippen molar-refractivity contribution in [1.82, 2.24) is 4.98 Å². The second-order valence-corrected chi connectivity index (χ2v) is 8.17. The molecule has 0 aliphatic carbocycles. The number of fused-ring (bicyclic) bond motifs is 1. The molecular formula is C20H18ClN3O3S. The molecule has 2 amide bonds. The molecule has 8 heteroatoms. The molecule has 0 bridgehead atoms. The number of rotatable bonds is 4.